The van der Waals surface area contributed by atoms with Gasteiger partial charge in [-0.3, -0.25) is 0 Å². The van der Waals surface area contributed by atoms with Gasteiger partial charge < -0.3 is 9.13 Å². The highest BCUT2D eigenvalue weighted by Crippen LogP contribution is 2.38. The Hall–Kier alpha value is -8.41. The molecular formula is C57H37N5. The molecule has 3 heterocycles. The standard InChI is InChI=1S/C57H37N5/c1-4-14-40(15-5-1)55-58-56(41-16-6-2-7-17-41)60-57(59-55)42-26-24-38(25-27-42)43-30-35-54-50(36-43)48-21-11-13-23-52(48)62(54)46-32-28-39(29-33-46)44-31-34-53-49(37-44)47-20-10-12-22-51(47)61(53)45-18-8-3-9-19-45/h1-37H. The van der Waals surface area contributed by atoms with E-state index in [1.54, 1.807) is 0 Å². The van der Waals surface area contributed by atoms with E-state index in [0.29, 0.717) is 17.5 Å². The fraction of sp³-hybridized carbons (Fsp3) is 0. The van der Waals surface area contributed by atoms with Gasteiger partial charge in [0.25, 0.3) is 0 Å². The van der Waals surface area contributed by atoms with E-state index in [0.717, 1.165) is 33.5 Å². The molecule has 290 valence electrons. The predicted octanol–water partition coefficient (Wildman–Crippen LogP) is 14.4. The van der Waals surface area contributed by atoms with Gasteiger partial charge in [-0.15, -0.1) is 0 Å². The zero-order valence-corrected chi connectivity index (χ0v) is 33.6. The van der Waals surface area contributed by atoms with E-state index in [2.05, 4.69) is 173 Å². The highest BCUT2D eigenvalue weighted by molar-refractivity contribution is 6.11. The summed E-state index contributed by atoms with van der Waals surface area (Å²) in [4.78, 5) is 14.7. The summed E-state index contributed by atoms with van der Waals surface area (Å²) in [5.74, 6) is 1.95. The molecule has 0 aliphatic rings. The Kier molecular flexibility index (Phi) is 8.42. The average Bonchev–Trinajstić information content (AvgIpc) is 3.87. The topological polar surface area (TPSA) is 48.5 Å². The summed E-state index contributed by atoms with van der Waals surface area (Å²) in [6.45, 7) is 0. The molecule has 62 heavy (non-hydrogen) atoms. The Balaban J connectivity index is 0.887. The smallest absolute Gasteiger partial charge is 0.164 e. The predicted molar refractivity (Wildman–Crippen MR) is 256 cm³/mol. The molecule has 0 amide bonds. The first-order chi connectivity index (χ1) is 30.7. The Morgan fingerprint density at radius 3 is 1.02 bits per heavy atom. The lowest BCUT2D eigenvalue weighted by Crippen LogP contribution is -2.00. The molecule has 0 aliphatic carbocycles. The van der Waals surface area contributed by atoms with Gasteiger partial charge in [-0.25, -0.2) is 15.0 Å². The van der Waals surface area contributed by atoms with Gasteiger partial charge in [-0.05, 0) is 82.9 Å². The average molecular weight is 792 g/mol. The second-order valence-corrected chi connectivity index (χ2v) is 15.7. The van der Waals surface area contributed by atoms with Crippen LogP contribution in [0, 0.1) is 0 Å². The van der Waals surface area contributed by atoms with E-state index in [-0.39, 0.29) is 0 Å². The maximum Gasteiger partial charge on any atom is 0.164 e. The zero-order valence-electron chi connectivity index (χ0n) is 33.6. The van der Waals surface area contributed by atoms with Gasteiger partial charge in [0.05, 0.1) is 22.1 Å². The lowest BCUT2D eigenvalue weighted by Gasteiger charge is -2.11. The van der Waals surface area contributed by atoms with Gasteiger partial charge in [0.15, 0.2) is 17.5 Å². The third-order valence-electron chi connectivity index (χ3n) is 12.0. The maximum absolute atomic E-state index is 4.94. The number of nitrogens with zero attached hydrogens (tertiary/aromatic N) is 5. The lowest BCUT2D eigenvalue weighted by molar-refractivity contribution is 1.07. The van der Waals surface area contributed by atoms with E-state index < -0.39 is 0 Å². The number of fused-ring (bicyclic) bond motifs is 6. The maximum atomic E-state index is 4.94. The summed E-state index contributed by atoms with van der Waals surface area (Å²) >= 11 is 0. The molecule has 0 spiro atoms. The van der Waals surface area contributed by atoms with Crippen molar-refractivity contribution < 1.29 is 0 Å². The molecule has 12 aromatic rings. The van der Waals surface area contributed by atoms with Crippen LogP contribution in [-0.4, -0.2) is 24.1 Å². The number of hydrogen-bond acceptors (Lipinski definition) is 3. The number of aromatic nitrogens is 5. The van der Waals surface area contributed by atoms with Gasteiger partial charge in [0.1, 0.15) is 0 Å². The summed E-state index contributed by atoms with van der Waals surface area (Å²) in [6.07, 6.45) is 0. The number of para-hydroxylation sites is 3. The van der Waals surface area contributed by atoms with E-state index in [1.165, 1.54) is 60.4 Å². The van der Waals surface area contributed by atoms with E-state index in [1.807, 2.05) is 60.7 Å². The SMILES string of the molecule is c1ccc(-c2nc(-c3ccccc3)nc(-c3ccc(-c4ccc5c(c4)c4ccccc4n5-c4ccc(-c5ccc6c(c5)c5ccccc5n6-c5ccccc5)cc4)cc3)n2)cc1. The normalized spacial score (nSPS) is 11.5. The van der Waals surface area contributed by atoms with Crippen molar-refractivity contribution in [2.24, 2.45) is 0 Å². The van der Waals surface area contributed by atoms with Crippen molar-refractivity contribution in [1.29, 1.82) is 0 Å². The van der Waals surface area contributed by atoms with Crippen LogP contribution in [0.4, 0.5) is 0 Å². The van der Waals surface area contributed by atoms with Crippen LogP contribution < -0.4 is 0 Å². The molecule has 3 aromatic heterocycles. The van der Waals surface area contributed by atoms with E-state index in [4.69, 9.17) is 15.0 Å². The third-order valence-corrected chi connectivity index (χ3v) is 12.0. The fourth-order valence-electron chi connectivity index (χ4n) is 8.99. The van der Waals surface area contributed by atoms with Crippen LogP contribution in [0.2, 0.25) is 0 Å². The molecule has 5 heteroatoms. The van der Waals surface area contributed by atoms with Crippen molar-refractivity contribution in [2.45, 2.75) is 0 Å². The van der Waals surface area contributed by atoms with Crippen molar-refractivity contribution in [1.82, 2.24) is 24.1 Å². The summed E-state index contributed by atoms with van der Waals surface area (Å²) < 4.78 is 4.74. The minimum Gasteiger partial charge on any atom is -0.309 e. The summed E-state index contributed by atoms with van der Waals surface area (Å²) in [5, 5.41) is 4.93. The van der Waals surface area contributed by atoms with Crippen LogP contribution in [0.25, 0.3) is 111 Å². The lowest BCUT2D eigenvalue weighted by atomic mass is 10.0. The molecule has 0 fully saturated rings. The van der Waals surface area contributed by atoms with Crippen molar-refractivity contribution in [3.8, 4) is 67.8 Å². The molecule has 0 atom stereocenters. The fourth-order valence-corrected chi connectivity index (χ4v) is 8.99. The molecule has 12 rings (SSSR count). The Morgan fingerprint density at radius 1 is 0.226 bits per heavy atom. The molecule has 5 nitrogen and oxygen atoms in total. The Morgan fingerprint density at radius 2 is 0.548 bits per heavy atom. The van der Waals surface area contributed by atoms with Crippen molar-refractivity contribution in [3.63, 3.8) is 0 Å². The highest BCUT2D eigenvalue weighted by atomic mass is 15.0. The number of benzene rings is 9. The first-order valence-corrected chi connectivity index (χ1v) is 20.9. The van der Waals surface area contributed by atoms with Gasteiger partial charge in [0.2, 0.25) is 0 Å². The minimum absolute atomic E-state index is 0.644. The third kappa shape index (κ3) is 6.06. The molecule has 0 bridgehead atoms. The molecule has 0 aliphatic heterocycles. The Bertz CT molecular complexity index is 3530. The largest absolute Gasteiger partial charge is 0.309 e. The quantitative estimate of drug-likeness (QED) is 0.162. The molecule has 0 N–H and O–H groups in total. The summed E-state index contributed by atoms with van der Waals surface area (Å²) in [6, 6.07) is 79.4. The van der Waals surface area contributed by atoms with Gasteiger partial charge in [-0.1, -0.05) is 164 Å². The molecule has 0 saturated heterocycles. The van der Waals surface area contributed by atoms with Crippen LogP contribution in [0.15, 0.2) is 224 Å². The first-order valence-electron chi connectivity index (χ1n) is 20.9. The summed E-state index contributed by atoms with van der Waals surface area (Å²) in [5.41, 5.74) is 14.6. The second-order valence-electron chi connectivity index (χ2n) is 15.7. The number of rotatable bonds is 7. The van der Waals surface area contributed by atoms with E-state index in [9.17, 15) is 0 Å². The van der Waals surface area contributed by atoms with Crippen molar-refractivity contribution in [3.05, 3.63) is 224 Å². The van der Waals surface area contributed by atoms with Crippen LogP contribution >= 0.6 is 0 Å². The molecule has 0 saturated carbocycles. The molecular weight excluding hydrogens is 755 g/mol. The van der Waals surface area contributed by atoms with Crippen LogP contribution in [0.5, 0.6) is 0 Å². The molecule has 9 aromatic carbocycles. The van der Waals surface area contributed by atoms with Crippen LogP contribution in [0.1, 0.15) is 0 Å². The van der Waals surface area contributed by atoms with Crippen LogP contribution in [0.3, 0.4) is 0 Å². The van der Waals surface area contributed by atoms with E-state index >= 15 is 0 Å². The first kappa shape index (κ1) is 35.5. The number of hydrogen-bond donors (Lipinski definition) is 0. The van der Waals surface area contributed by atoms with Crippen LogP contribution in [-0.2, 0) is 0 Å². The summed E-state index contributed by atoms with van der Waals surface area (Å²) in [7, 11) is 0. The van der Waals surface area contributed by atoms with Gasteiger partial charge >= 0.3 is 0 Å². The Labute approximate surface area is 358 Å². The monoisotopic (exact) mass is 791 g/mol. The molecule has 0 unspecified atom stereocenters. The van der Waals surface area contributed by atoms with Crippen molar-refractivity contribution >= 4 is 43.6 Å². The highest BCUT2D eigenvalue weighted by Gasteiger charge is 2.17. The van der Waals surface area contributed by atoms with Gasteiger partial charge in [-0.2, -0.15) is 0 Å². The zero-order chi connectivity index (χ0) is 41.0. The molecule has 0 radical (unpaired) electrons. The van der Waals surface area contributed by atoms with Gasteiger partial charge in [0, 0.05) is 49.6 Å². The second kappa shape index (κ2) is 14.7. The minimum atomic E-state index is 0.644. The van der Waals surface area contributed by atoms with Crippen molar-refractivity contribution in [2.75, 3.05) is 0 Å².